The van der Waals surface area contributed by atoms with Gasteiger partial charge in [0.25, 0.3) is 0 Å². The van der Waals surface area contributed by atoms with E-state index in [-0.39, 0.29) is 6.79 Å². The first-order valence-corrected chi connectivity index (χ1v) is 10.6. The number of hydrogen-bond donors (Lipinski definition) is 0. The summed E-state index contributed by atoms with van der Waals surface area (Å²) < 4.78 is 22.1. The summed E-state index contributed by atoms with van der Waals surface area (Å²) in [4.78, 5) is 0. The summed E-state index contributed by atoms with van der Waals surface area (Å²) in [5.41, 5.74) is 0. The molecule has 0 saturated heterocycles. The summed E-state index contributed by atoms with van der Waals surface area (Å²) in [5.74, 6) is 0. The van der Waals surface area contributed by atoms with E-state index in [4.69, 9.17) is 18.0 Å². The van der Waals surface area contributed by atoms with E-state index in [0.29, 0.717) is 6.61 Å². The highest BCUT2D eigenvalue weighted by Crippen LogP contribution is 2.19. The molecule has 0 saturated carbocycles. The van der Waals surface area contributed by atoms with Crippen LogP contribution in [0.4, 0.5) is 0 Å². The van der Waals surface area contributed by atoms with Crippen LogP contribution in [0.2, 0.25) is 6.04 Å². The summed E-state index contributed by atoms with van der Waals surface area (Å²) >= 11 is 0. The third kappa shape index (κ3) is 11.4. The van der Waals surface area contributed by atoms with Crippen LogP contribution in [0.1, 0.15) is 64.7 Å². The predicted molar refractivity (Wildman–Crippen MR) is 93.9 cm³/mol. The lowest BCUT2D eigenvalue weighted by atomic mass is 10.1. The van der Waals surface area contributed by atoms with Crippen molar-refractivity contribution in [1.82, 2.24) is 0 Å². The molecule has 0 heterocycles. The third-order valence-corrected chi connectivity index (χ3v) is 6.57. The number of hydrogen-bond acceptors (Lipinski definition) is 4. The van der Waals surface area contributed by atoms with Gasteiger partial charge in [0.05, 0.1) is 6.61 Å². The number of unbranched alkanes of at least 4 members (excludes halogenated alkanes) is 8. The predicted octanol–water partition coefficient (Wildman–Crippen LogP) is 4.93. The maximum absolute atomic E-state index is 5.73. The Morgan fingerprint density at radius 1 is 0.864 bits per heavy atom. The van der Waals surface area contributed by atoms with Gasteiger partial charge < -0.3 is 18.0 Å². The Bertz CT molecular complexity index is 245. The van der Waals surface area contributed by atoms with Crippen LogP contribution >= 0.6 is 0 Å². The molecule has 0 amide bonds. The Morgan fingerprint density at radius 2 is 1.41 bits per heavy atom. The highest BCUT2D eigenvalue weighted by atomic mass is 28.4. The molecular formula is C17H36O4Si. The molecule has 132 valence electrons. The summed E-state index contributed by atoms with van der Waals surface area (Å²) in [6, 6.07) is 0.854. The summed E-state index contributed by atoms with van der Waals surface area (Å²) in [6.07, 6.45) is 13.5. The fourth-order valence-corrected chi connectivity index (χ4v) is 4.29. The molecule has 0 unspecified atom stereocenters. The molecule has 0 aliphatic heterocycles. The van der Waals surface area contributed by atoms with Gasteiger partial charge in [0.1, 0.15) is 6.79 Å². The Balaban J connectivity index is 3.69. The normalized spacial score (nSPS) is 11.8. The van der Waals surface area contributed by atoms with E-state index in [1.807, 2.05) is 0 Å². The average molecular weight is 333 g/mol. The van der Waals surface area contributed by atoms with Crippen LogP contribution in [-0.4, -0.2) is 36.4 Å². The van der Waals surface area contributed by atoms with Gasteiger partial charge in [-0.25, -0.2) is 0 Å². The maximum Gasteiger partial charge on any atom is 0.502 e. The van der Waals surface area contributed by atoms with Gasteiger partial charge in [-0.2, -0.15) is 0 Å². The molecule has 0 rings (SSSR count). The number of ether oxygens (including phenoxy) is 1. The number of rotatable bonds is 17. The maximum atomic E-state index is 5.73. The van der Waals surface area contributed by atoms with E-state index in [2.05, 4.69) is 13.5 Å². The van der Waals surface area contributed by atoms with Crippen molar-refractivity contribution in [2.24, 2.45) is 0 Å². The van der Waals surface area contributed by atoms with Crippen LogP contribution in [-0.2, 0) is 18.0 Å². The third-order valence-electron chi connectivity index (χ3n) is 3.81. The summed E-state index contributed by atoms with van der Waals surface area (Å²) in [5, 5.41) is 0. The van der Waals surface area contributed by atoms with Gasteiger partial charge in [-0.3, -0.25) is 0 Å². The Morgan fingerprint density at radius 3 is 1.91 bits per heavy atom. The van der Waals surface area contributed by atoms with Crippen molar-refractivity contribution in [3.63, 3.8) is 0 Å². The largest absolute Gasteiger partial charge is 0.502 e. The lowest BCUT2D eigenvalue weighted by molar-refractivity contribution is -0.0234. The molecule has 0 radical (unpaired) electrons. The molecule has 0 atom stereocenters. The molecular weight excluding hydrogens is 296 g/mol. The zero-order valence-corrected chi connectivity index (χ0v) is 15.9. The topological polar surface area (TPSA) is 36.9 Å². The van der Waals surface area contributed by atoms with Crippen LogP contribution in [0, 0.1) is 0 Å². The van der Waals surface area contributed by atoms with E-state index in [1.165, 1.54) is 51.4 Å². The fraction of sp³-hybridized carbons (Fsp3) is 0.882. The average Bonchev–Trinajstić information content (AvgIpc) is 2.55. The van der Waals surface area contributed by atoms with Crippen molar-refractivity contribution in [2.75, 3.05) is 27.6 Å². The molecule has 0 aromatic carbocycles. The van der Waals surface area contributed by atoms with Gasteiger partial charge in [-0.1, -0.05) is 64.4 Å². The van der Waals surface area contributed by atoms with E-state index in [1.54, 1.807) is 20.3 Å². The minimum Gasteiger partial charge on any atom is -0.377 e. The molecule has 22 heavy (non-hydrogen) atoms. The van der Waals surface area contributed by atoms with E-state index < -0.39 is 8.80 Å². The standard InChI is InChI=1S/C17H36O4Si/c1-5-7-8-9-10-11-12-13-14-16-22(18-3,19-4)21-17-20-15-6-2/h6H,2,5,7-17H2,1,3-4H3. The first-order valence-electron chi connectivity index (χ1n) is 8.67. The zero-order valence-electron chi connectivity index (χ0n) is 14.9. The van der Waals surface area contributed by atoms with Gasteiger partial charge >= 0.3 is 8.80 Å². The first-order chi connectivity index (χ1) is 10.7. The second-order valence-corrected chi connectivity index (χ2v) is 8.56. The molecule has 0 bridgehead atoms. The molecule has 0 aliphatic carbocycles. The summed E-state index contributed by atoms with van der Waals surface area (Å²) in [7, 11) is 0.788. The van der Waals surface area contributed by atoms with Crippen LogP contribution in [0.15, 0.2) is 12.7 Å². The minimum absolute atomic E-state index is 0.206. The van der Waals surface area contributed by atoms with Crippen molar-refractivity contribution in [3.8, 4) is 0 Å². The second-order valence-electron chi connectivity index (χ2n) is 5.59. The van der Waals surface area contributed by atoms with Crippen molar-refractivity contribution < 1.29 is 18.0 Å². The van der Waals surface area contributed by atoms with Gasteiger partial charge in [-0.15, -0.1) is 6.58 Å². The lowest BCUT2D eigenvalue weighted by Gasteiger charge is -2.26. The van der Waals surface area contributed by atoms with Gasteiger partial charge in [0, 0.05) is 20.3 Å². The quantitative estimate of drug-likeness (QED) is 0.164. The van der Waals surface area contributed by atoms with Crippen LogP contribution in [0.5, 0.6) is 0 Å². The summed E-state index contributed by atoms with van der Waals surface area (Å²) in [6.45, 7) is 6.55. The second kappa shape index (κ2) is 15.7. The monoisotopic (exact) mass is 332 g/mol. The van der Waals surface area contributed by atoms with Gasteiger partial charge in [0.2, 0.25) is 0 Å². The van der Waals surface area contributed by atoms with Gasteiger partial charge in [-0.05, 0) is 6.42 Å². The smallest absolute Gasteiger partial charge is 0.377 e. The van der Waals surface area contributed by atoms with Crippen molar-refractivity contribution in [3.05, 3.63) is 12.7 Å². The molecule has 0 aliphatic rings. The molecule has 0 aromatic heterocycles. The van der Waals surface area contributed by atoms with Crippen LogP contribution in [0.25, 0.3) is 0 Å². The molecule has 4 nitrogen and oxygen atoms in total. The van der Waals surface area contributed by atoms with E-state index in [0.717, 1.165) is 12.5 Å². The zero-order chi connectivity index (χ0) is 16.5. The van der Waals surface area contributed by atoms with Crippen LogP contribution in [0.3, 0.4) is 0 Å². The Labute approximate surface area is 138 Å². The highest BCUT2D eigenvalue weighted by molar-refractivity contribution is 6.60. The Hall–Kier alpha value is -0.203. The molecule has 0 spiro atoms. The van der Waals surface area contributed by atoms with Crippen molar-refractivity contribution >= 4 is 8.80 Å². The van der Waals surface area contributed by atoms with Crippen molar-refractivity contribution in [2.45, 2.75) is 70.8 Å². The first kappa shape index (κ1) is 21.8. The molecule has 5 heteroatoms. The minimum atomic E-state index is -2.54. The fourth-order valence-electron chi connectivity index (χ4n) is 2.39. The highest BCUT2D eigenvalue weighted by Gasteiger charge is 2.38. The van der Waals surface area contributed by atoms with E-state index in [9.17, 15) is 0 Å². The van der Waals surface area contributed by atoms with E-state index >= 15 is 0 Å². The molecule has 0 fully saturated rings. The lowest BCUT2D eigenvalue weighted by Crippen LogP contribution is -2.44. The molecule has 0 N–H and O–H groups in total. The SMILES string of the molecule is C=CCOCO[Si](CCCCCCCCCCC)(OC)OC. The van der Waals surface area contributed by atoms with Crippen molar-refractivity contribution in [1.29, 1.82) is 0 Å². The molecule has 0 aromatic rings. The van der Waals surface area contributed by atoms with Crippen LogP contribution < -0.4 is 0 Å². The van der Waals surface area contributed by atoms with Gasteiger partial charge in [0.15, 0.2) is 0 Å². The Kier molecular flexibility index (Phi) is 15.5.